The molecule has 0 bridgehead atoms. The summed E-state index contributed by atoms with van der Waals surface area (Å²) in [5.74, 6) is 1.38. The van der Waals surface area contributed by atoms with Crippen LogP contribution in [0.1, 0.15) is 32.6 Å². The average molecular weight is 257 g/mol. The van der Waals surface area contributed by atoms with Crippen LogP contribution in [0, 0.1) is 11.8 Å². The SMILES string of the molecule is CCC1OCCC1CNCC(O)COCC1CC1. The average Bonchev–Trinajstić information content (AvgIpc) is 3.07. The Morgan fingerprint density at radius 3 is 2.94 bits per heavy atom. The fraction of sp³-hybridized carbons (Fsp3) is 1.00. The van der Waals surface area contributed by atoms with Crippen molar-refractivity contribution >= 4 is 0 Å². The van der Waals surface area contributed by atoms with E-state index in [0.717, 1.165) is 38.5 Å². The summed E-state index contributed by atoms with van der Waals surface area (Å²) in [5, 5.41) is 13.1. The zero-order valence-corrected chi connectivity index (χ0v) is 11.4. The number of rotatable bonds is 9. The van der Waals surface area contributed by atoms with Gasteiger partial charge in [-0.05, 0) is 37.5 Å². The lowest BCUT2D eigenvalue weighted by molar-refractivity contribution is 0.0312. The molecule has 0 amide bonds. The third-order valence-electron chi connectivity index (χ3n) is 3.90. The first-order valence-corrected chi connectivity index (χ1v) is 7.37. The largest absolute Gasteiger partial charge is 0.389 e. The summed E-state index contributed by atoms with van der Waals surface area (Å²) in [6.07, 6.45) is 4.84. The smallest absolute Gasteiger partial charge is 0.0897 e. The van der Waals surface area contributed by atoms with Crippen molar-refractivity contribution in [1.82, 2.24) is 5.32 Å². The van der Waals surface area contributed by atoms with Gasteiger partial charge in [-0.25, -0.2) is 0 Å². The Morgan fingerprint density at radius 1 is 1.39 bits per heavy atom. The van der Waals surface area contributed by atoms with Crippen LogP contribution in [-0.2, 0) is 9.47 Å². The molecule has 0 aromatic rings. The molecule has 0 aromatic carbocycles. The monoisotopic (exact) mass is 257 g/mol. The van der Waals surface area contributed by atoms with Crippen molar-refractivity contribution in [3.8, 4) is 0 Å². The van der Waals surface area contributed by atoms with Gasteiger partial charge in [-0.2, -0.15) is 0 Å². The maximum Gasteiger partial charge on any atom is 0.0897 e. The minimum Gasteiger partial charge on any atom is -0.389 e. The maximum absolute atomic E-state index is 9.76. The van der Waals surface area contributed by atoms with E-state index in [4.69, 9.17) is 9.47 Å². The Hall–Kier alpha value is -0.160. The predicted octanol–water partition coefficient (Wildman–Crippen LogP) is 1.18. The number of hydrogen-bond acceptors (Lipinski definition) is 4. The Labute approximate surface area is 110 Å². The molecule has 2 aliphatic rings. The normalized spacial score (nSPS) is 29.7. The molecule has 1 heterocycles. The van der Waals surface area contributed by atoms with Crippen LogP contribution in [0.25, 0.3) is 0 Å². The fourth-order valence-corrected chi connectivity index (χ4v) is 2.53. The summed E-state index contributed by atoms with van der Waals surface area (Å²) in [5.41, 5.74) is 0. The molecule has 2 fully saturated rings. The molecule has 2 rings (SSSR count). The third-order valence-corrected chi connectivity index (χ3v) is 3.90. The zero-order valence-electron chi connectivity index (χ0n) is 11.4. The molecule has 0 aromatic heterocycles. The molecule has 0 radical (unpaired) electrons. The van der Waals surface area contributed by atoms with Gasteiger partial charge >= 0.3 is 0 Å². The van der Waals surface area contributed by atoms with Gasteiger partial charge in [-0.3, -0.25) is 0 Å². The molecule has 1 saturated carbocycles. The van der Waals surface area contributed by atoms with E-state index in [1.54, 1.807) is 0 Å². The van der Waals surface area contributed by atoms with Gasteiger partial charge < -0.3 is 19.9 Å². The van der Waals surface area contributed by atoms with Gasteiger partial charge in [0.2, 0.25) is 0 Å². The highest BCUT2D eigenvalue weighted by atomic mass is 16.5. The number of aliphatic hydroxyl groups excluding tert-OH is 1. The summed E-state index contributed by atoms with van der Waals surface area (Å²) in [4.78, 5) is 0. The van der Waals surface area contributed by atoms with E-state index in [2.05, 4.69) is 12.2 Å². The third kappa shape index (κ3) is 4.84. The van der Waals surface area contributed by atoms with Crippen molar-refractivity contribution in [2.24, 2.45) is 11.8 Å². The quantitative estimate of drug-likeness (QED) is 0.651. The molecule has 18 heavy (non-hydrogen) atoms. The lowest BCUT2D eigenvalue weighted by Gasteiger charge is -2.18. The van der Waals surface area contributed by atoms with Gasteiger partial charge in [-0.1, -0.05) is 6.92 Å². The van der Waals surface area contributed by atoms with E-state index in [9.17, 15) is 5.11 Å². The predicted molar refractivity (Wildman–Crippen MR) is 70.6 cm³/mol. The van der Waals surface area contributed by atoms with Gasteiger partial charge in [0.25, 0.3) is 0 Å². The zero-order chi connectivity index (χ0) is 12.8. The van der Waals surface area contributed by atoms with Crippen LogP contribution in [0.3, 0.4) is 0 Å². The Balaban J connectivity index is 1.48. The van der Waals surface area contributed by atoms with Crippen LogP contribution in [-0.4, -0.2) is 50.2 Å². The van der Waals surface area contributed by atoms with E-state index in [1.807, 2.05) is 0 Å². The van der Waals surface area contributed by atoms with E-state index in [-0.39, 0.29) is 6.10 Å². The Morgan fingerprint density at radius 2 is 2.22 bits per heavy atom. The highest BCUT2D eigenvalue weighted by Crippen LogP contribution is 2.28. The van der Waals surface area contributed by atoms with Crippen molar-refractivity contribution in [2.45, 2.75) is 44.8 Å². The summed E-state index contributed by atoms with van der Waals surface area (Å²) in [6.45, 7) is 5.91. The van der Waals surface area contributed by atoms with E-state index >= 15 is 0 Å². The minimum absolute atomic E-state index is 0.383. The van der Waals surface area contributed by atoms with E-state index in [1.165, 1.54) is 12.8 Å². The van der Waals surface area contributed by atoms with Crippen molar-refractivity contribution in [1.29, 1.82) is 0 Å². The first-order chi connectivity index (χ1) is 8.79. The summed E-state index contributed by atoms with van der Waals surface area (Å²) in [7, 11) is 0. The van der Waals surface area contributed by atoms with Gasteiger partial charge in [-0.15, -0.1) is 0 Å². The molecule has 3 unspecified atom stereocenters. The first-order valence-electron chi connectivity index (χ1n) is 7.37. The van der Waals surface area contributed by atoms with Gasteiger partial charge in [0, 0.05) is 26.3 Å². The molecule has 4 heteroatoms. The highest BCUT2D eigenvalue weighted by molar-refractivity contribution is 4.77. The summed E-state index contributed by atoms with van der Waals surface area (Å²) >= 11 is 0. The molecular weight excluding hydrogens is 230 g/mol. The second-order valence-corrected chi connectivity index (χ2v) is 5.66. The standard InChI is InChI=1S/C14H27NO3/c1-2-14-12(5-6-18-14)7-15-8-13(16)10-17-9-11-3-4-11/h11-16H,2-10H2,1H3. The van der Waals surface area contributed by atoms with Gasteiger partial charge in [0.1, 0.15) is 0 Å². The Bertz CT molecular complexity index is 233. The molecule has 4 nitrogen and oxygen atoms in total. The molecule has 106 valence electrons. The number of hydrogen-bond donors (Lipinski definition) is 2. The highest BCUT2D eigenvalue weighted by Gasteiger charge is 2.26. The molecule has 1 aliphatic carbocycles. The number of aliphatic hydroxyl groups is 1. The van der Waals surface area contributed by atoms with E-state index in [0.29, 0.717) is 25.2 Å². The van der Waals surface area contributed by atoms with Crippen LogP contribution in [0.15, 0.2) is 0 Å². The van der Waals surface area contributed by atoms with Crippen LogP contribution < -0.4 is 5.32 Å². The minimum atomic E-state index is -0.383. The van der Waals surface area contributed by atoms with Crippen molar-refractivity contribution < 1.29 is 14.6 Å². The van der Waals surface area contributed by atoms with E-state index < -0.39 is 0 Å². The topological polar surface area (TPSA) is 50.7 Å². The van der Waals surface area contributed by atoms with Crippen LogP contribution in [0.5, 0.6) is 0 Å². The molecule has 0 spiro atoms. The van der Waals surface area contributed by atoms with Crippen LogP contribution in [0.2, 0.25) is 0 Å². The summed E-state index contributed by atoms with van der Waals surface area (Å²) in [6, 6.07) is 0. The van der Waals surface area contributed by atoms with Gasteiger partial charge in [0.15, 0.2) is 0 Å². The maximum atomic E-state index is 9.76. The molecule has 3 atom stereocenters. The molecule has 1 aliphatic heterocycles. The Kier molecular flexibility index (Phi) is 5.89. The second kappa shape index (κ2) is 7.43. The summed E-state index contributed by atoms with van der Waals surface area (Å²) < 4.78 is 11.1. The lowest BCUT2D eigenvalue weighted by Crippen LogP contribution is -2.35. The molecule has 2 N–H and O–H groups in total. The number of nitrogens with one attached hydrogen (secondary N) is 1. The van der Waals surface area contributed by atoms with Crippen molar-refractivity contribution in [3.05, 3.63) is 0 Å². The number of ether oxygens (including phenoxy) is 2. The fourth-order valence-electron chi connectivity index (χ4n) is 2.53. The second-order valence-electron chi connectivity index (χ2n) is 5.66. The van der Waals surface area contributed by atoms with Crippen LogP contribution >= 0.6 is 0 Å². The van der Waals surface area contributed by atoms with Gasteiger partial charge in [0.05, 0.1) is 18.8 Å². The first kappa shape index (κ1) is 14.3. The van der Waals surface area contributed by atoms with Crippen molar-refractivity contribution in [3.63, 3.8) is 0 Å². The molecule has 1 saturated heterocycles. The van der Waals surface area contributed by atoms with Crippen molar-refractivity contribution in [2.75, 3.05) is 32.9 Å². The van der Waals surface area contributed by atoms with Crippen LogP contribution in [0.4, 0.5) is 0 Å². The molecular formula is C14H27NO3. The lowest BCUT2D eigenvalue weighted by atomic mass is 10.00.